The molecule has 2 unspecified atom stereocenters. The average Bonchev–Trinajstić information content (AvgIpc) is 2.26. The van der Waals surface area contributed by atoms with E-state index >= 15 is 0 Å². The first-order chi connectivity index (χ1) is 7.95. The number of hydrogen-bond acceptors (Lipinski definition) is 2. The van der Waals surface area contributed by atoms with Gasteiger partial charge in [0.25, 0.3) is 0 Å². The van der Waals surface area contributed by atoms with Crippen LogP contribution in [0.15, 0.2) is 18.2 Å². The second kappa shape index (κ2) is 4.51. The summed E-state index contributed by atoms with van der Waals surface area (Å²) in [5, 5.41) is 4.02. The van der Waals surface area contributed by atoms with Gasteiger partial charge in [-0.15, -0.1) is 0 Å². The molecule has 0 spiro atoms. The molecule has 0 amide bonds. The average molecular weight is 254 g/mol. The smallest absolute Gasteiger partial charge is 0.138 e. The second-order valence-corrected chi connectivity index (χ2v) is 5.85. The molecular formula is C14H20ClNO. The first-order valence-electron chi connectivity index (χ1n) is 6.05. The summed E-state index contributed by atoms with van der Waals surface area (Å²) < 4.78 is 6.01. The van der Waals surface area contributed by atoms with Crippen LogP contribution in [0, 0.1) is 12.3 Å². The quantitative estimate of drug-likeness (QED) is 0.891. The van der Waals surface area contributed by atoms with Crippen LogP contribution in [0.25, 0.3) is 0 Å². The lowest BCUT2D eigenvalue weighted by atomic mass is 9.64. The minimum absolute atomic E-state index is 0.156. The lowest BCUT2D eigenvalue weighted by Gasteiger charge is -2.51. The molecule has 1 aliphatic rings. The van der Waals surface area contributed by atoms with Crippen molar-refractivity contribution in [3.63, 3.8) is 0 Å². The van der Waals surface area contributed by atoms with Gasteiger partial charge >= 0.3 is 0 Å². The van der Waals surface area contributed by atoms with Gasteiger partial charge in [0, 0.05) is 17.9 Å². The molecule has 94 valence electrons. The fraction of sp³-hybridized carbons (Fsp3) is 0.571. The number of nitrogens with one attached hydrogen (secondary N) is 1. The highest BCUT2D eigenvalue weighted by Crippen LogP contribution is 2.43. The van der Waals surface area contributed by atoms with Crippen molar-refractivity contribution < 1.29 is 4.74 Å². The van der Waals surface area contributed by atoms with Crippen LogP contribution in [0.3, 0.4) is 0 Å². The Morgan fingerprint density at radius 3 is 2.65 bits per heavy atom. The highest BCUT2D eigenvalue weighted by Gasteiger charge is 2.49. The maximum atomic E-state index is 6.18. The Hall–Kier alpha value is -0.730. The van der Waals surface area contributed by atoms with Crippen molar-refractivity contribution in [3.8, 4) is 5.75 Å². The fourth-order valence-corrected chi connectivity index (χ4v) is 2.71. The van der Waals surface area contributed by atoms with Crippen molar-refractivity contribution >= 4 is 11.6 Å². The van der Waals surface area contributed by atoms with Crippen molar-refractivity contribution in [1.82, 2.24) is 5.32 Å². The number of aryl methyl sites for hydroxylation is 1. The molecule has 2 nitrogen and oxygen atoms in total. The van der Waals surface area contributed by atoms with Gasteiger partial charge in [0.2, 0.25) is 0 Å². The summed E-state index contributed by atoms with van der Waals surface area (Å²) in [4.78, 5) is 0. The summed E-state index contributed by atoms with van der Waals surface area (Å²) in [7, 11) is 2.00. The van der Waals surface area contributed by atoms with Crippen molar-refractivity contribution in [2.75, 3.05) is 7.05 Å². The van der Waals surface area contributed by atoms with E-state index in [1.807, 2.05) is 32.2 Å². The summed E-state index contributed by atoms with van der Waals surface area (Å²) in [6.07, 6.45) is 1.27. The van der Waals surface area contributed by atoms with Crippen molar-refractivity contribution in [2.45, 2.75) is 39.3 Å². The summed E-state index contributed by atoms with van der Waals surface area (Å²) in [6, 6.07) is 6.46. The predicted octanol–water partition coefficient (Wildman–Crippen LogP) is 3.41. The Kier molecular flexibility index (Phi) is 3.37. The van der Waals surface area contributed by atoms with E-state index in [0.29, 0.717) is 11.1 Å². The minimum Gasteiger partial charge on any atom is -0.488 e. The molecule has 1 aromatic carbocycles. The van der Waals surface area contributed by atoms with E-state index < -0.39 is 0 Å². The molecule has 0 saturated heterocycles. The van der Waals surface area contributed by atoms with Gasteiger partial charge in [-0.2, -0.15) is 0 Å². The Balaban J connectivity index is 2.08. The third-order valence-electron chi connectivity index (χ3n) is 3.88. The van der Waals surface area contributed by atoms with Crippen molar-refractivity contribution in [3.05, 3.63) is 28.8 Å². The summed E-state index contributed by atoms with van der Waals surface area (Å²) in [5.74, 6) is 0.796. The molecule has 0 bridgehead atoms. The number of halogens is 1. The molecule has 17 heavy (non-hydrogen) atoms. The van der Waals surface area contributed by atoms with E-state index in [-0.39, 0.29) is 11.5 Å². The third-order valence-corrected chi connectivity index (χ3v) is 4.18. The molecule has 3 heteroatoms. The maximum absolute atomic E-state index is 6.18. The summed E-state index contributed by atoms with van der Waals surface area (Å²) in [5.41, 5.74) is 1.31. The molecule has 0 aromatic heterocycles. The van der Waals surface area contributed by atoms with Crippen LogP contribution < -0.4 is 10.1 Å². The lowest BCUT2D eigenvalue weighted by Crippen LogP contribution is -2.61. The van der Waals surface area contributed by atoms with Crippen LogP contribution >= 0.6 is 11.6 Å². The first-order valence-corrected chi connectivity index (χ1v) is 6.43. The van der Waals surface area contributed by atoms with Gasteiger partial charge in [-0.1, -0.05) is 31.5 Å². The predicted molar refractivity (Wildman–Crippen MR) is 71.9 cm³/mol. The molecule has 1 aromatic rings. The van der Waals surface area contributed by atoms with E-state index in [0.717, 1.165) is 17.7 Å². The molecule has 1 saturated carbocycles. The van der Waals surface area contributed by atoms with Crippen molar-refractivity contribution in [1.29, 1.82) is 0 Å². The van der Waals surface area contributed by atoms with Gasteiger partial charge < -0.3 is 10.1 Å². The minimum atomic E-state index is 0.156. The highest BCUT2D eigenvalue weighted by molar-refractivity contribution is 6.32. The number of rotatable bonds is 3. The Bertz CT molecular complexity index is 417. The van der Waals surface area contributed by atoms with Crippen LogP contribution in [0.2, 0.25) is 5.02 Å². The van der Waals surface area contributed by atoms with Crippen LogP contribution in [0.4, 0.5) is 0 Å². The molecular weight excluding hydrogens is 234 g/mol. The van der Waals surface area contributed by atoms with Gasteiger partial charge in [-0.3, -0.25) is 0 Å². The van der Waals surface area contributed by atoms with E-state index in [9.17, 15) is 0 Å². The second-order valence-electron chi connectivity index (χ2n) is 5.44. The summed E-state index contributed by atoms with van der Waals surface area (Å²) >= 11 is 6.18. The zero-order chi connectivity index (χ0) is 12.6. The van der Waals surface area contributed by atoms with Crippen LogP contribution in [0.1, 0.15) is 25.8 Å². The number of hydrogen-bond donors (Lipinski definition) is 1. The van der Waals surface area contributed by atoms with Gasteiger partial charge in [0.1, 0.15) is 11.9 Å². The van der Waals surface area contributed by atoms with E-state index in [4.69, 9.17) is 16.3 Å². The van der Waals surface area contributed by atoms with E-state index in [1.54, 1.807) is 0 Å². The van der Waals surface area contributed by atoms with Gasteiger partial charge in [0.05, 0.1) is 5.02 Å². The Labute approximate surface area is 108 Å². The monoisotopic (exact) mass is 253 g/mol. The van der Waals surface area contributed by atoms with Crippen molar-refractivity contribution in [2.24, 2.45) is 5.41 Å². The van der Waals surface area contributed by atoms with E-state index in [2.05, 4.69) is 19.2 Å². The summed E-state index contributed by atoms with van der Waals surface area (Å²) in [6.45, 7) is 6.48. The molecule has 2 atom stereocenters. The Morgan fingerprint density at radius 1 is 1.41 bits per heavy atom. The molecule has 0 radical (unpaired) electrons. The molecule has 0 heterocycles. The van der Waals surface area contributed by atoms with Crippen LogP contribution in [-0.4, -0.2) is 19.2 Å². The molecule has 0 aliphatic heterocycles. The first kappa shape index (κ1) is 12.7. The maximum Gasteiger partial charge on any atom is 0.138 e. The van der Waals surface area contributed by atoms with Gasteiger partial charge in [-0.25, -0.2) is 0 Å². The SMILES string of the molecule is CNC1CC(Oc2ccc(C)cc2Cl)C1(C)C. The number of benzene rings is 1. The molecule has 2 rings (SSSR count). The molecule has 1 fully saturated rings. The largest absolute Gasteiger partial charge is 0.488 e. The standard InChI is InChI=1S/C14H20ClNO/c1-9-5-6-11(10(15)7-9)17-13-8-12(16-4)14(13,2)3/h5-7,12-13,16H,8H2,1-4H3. The zero-order valence-corrected chi connectivity index (χ0v) is 11.6. The highest BCUT2D eigenvalue weighted by atomic mass is 35.5. The molecule has 1 aliphatic carbocycles. The van der Waals surface area contributed by atoms with Crippen LogP contribution in [0.5, 0.6) is 5.75 Å². The normalized spacial score (nSPS) is 26.4. The third kappa shape index (κ3) is 2.29. The van der Waals surface area contributed by atoms with Crippen LogP contribution in [-0.2, 0) is 0 Å². The fourth-order valence-electron chi connectivity index (χ4n) is 2.43. The molecule has 1 N–H and O–H groups in total. The van der Waals surface area contributed by atoms with E-state index in [1.165, 1.54) is 0 Å². The number of ether oxygens (including phenoxy) is 1. The van der Waals surface area contributed by atoms with Gasteiger partial charge in [-0.05, 0) is 31.7 Å². The topological polar surface area (TPSA) is 21.3 Å². The lowest BCUT2D eigenvalue weighted by molar-refractivity contribution is -0.0520. The zero-order valence-electron chi connectivity index (χ0n) is 10.9. The van der Waals surface area contributed by atoms with Gasteiger partial charge in [0.15, 0.2) is 0 Å². The Morgan fingerprint density at radius 2 is 2.12 bits per heavy atom.